The lowest BCUT2D eigenvalue weighted by atomic mass is 10.0. The lowest BCUT2D eigenvalue weighted by Gasteiger charge is -2.25. The van der Waals surface area contributed by atoms with Crippen molar-refractivity contribution in [2.75, 3.05) is 13.1 Å². The van der Waals surface area contributed by atoms with Crippen LogP contribution in [0.2, 0.25) is 0 Å². The van der Waals surface area contributed by atoms with E-state index < -0.39 is 0 Å². The van der Waals surface area contributed by atoms with Gasteiger partial charge in [0.15, 0.2) is 0 Å². The summed E-state index contributed by atoms with van der Waals surface area (Å²) in [6.07, 6.45) is 6.13. The van der Waals surface area contributed by atoms with E-state index in [1.54, 1.807) is 0 Å². The molecule has 0 saturated heterocycles. The van der Waals surface area contributed by atoms with Crippen LogP contribution in [-0.2, 0) is 20.6 Å². The molecule has 1 atom stereocenters. The highest BCUT2D eigenvalue weighted by Crippen LogP contribution is 2.33. The fourth-order valence-corrected chi connectivity index (χ4v) is 4.49. The quantitative estimate of drug-likeness (QED) is 0.496. The molecule has 4 heterocycles. The molecule has 3 aromatic heterocycles. The van der Waals surface area contributed by atoms with Crippen LogP contribution < -0.4 is 4.74 Å². The predicted octanol–water partition coefficient (Wildman–Crippen LogP) is 3.78. The molecule has 0 spiro atoms. The minimum absolute atomic E-state index is 0.00392. The maximum atomic E-state index is 6.44. The van der Waals surface area contributed by atoms with E-state index in [1.807, 2.05) is 35.7 Å². The first-order valence-electron chi connectivity index (χ1n) is 11.0. The van der Waals surface area contributed by atoms with Crippen molar-refractivity contribution in [3.05, 3.63) is 47.0 Å². The largest absolute Gasteiger partial charge is 0.473 e. The van der Waals surface area contributed by atoms with Crippen LogP contribution in [0.3, 0.4) is 0 Å². The number of aromatic nitrogens is 6. The molecule has 1 N–H and O–H groups in total. The van der Waals surface area contributed by atoms with Gasteiger partial charge in [0.25, 0.3) is 0 Å². The van der Waals surface area contributed by atoms with Crippen molar-refractivity contribution in [3.63, 3.8) is 0 Å². The number of hydrogen-bond acceptors (Lipinski definition) is 5. The van der Waals surface area contributed by atoms with Crippen molar-refractivity contribution in [1.29, 1.82) is 0 Å². The summed E-state index contributed by atoms with van der Waals surface area (Å²) in [7, 11) is 3.94. The van der Waals surface area contributed by atoms with Crippen molar-refractivity contribution < 1.29 is 4.74 Å². The van der Waals surface area contributed by atoms with Gasteiger partial charge in [-0.25, -0.2) is 4.68 Å². The summed E-state index contributed by atoms with van der Waals surface area (Å²) in [5, 5.41) is 17.9. The smallest absolute Gasteiger partial charge is 0.219 e. The lowest BCUT2D eigenvalue weighted by molar-refractivity contribution is 0.134. The van der Waals surface area contributed by atoms with Gasteiger partial charge in [-0.05, 0) is 50.2 Å². The Kier molecular flexibility index (Phi) is 5.09. The molecule has 1 unspecified atom stereocenters. The van der Waals surface area contributed by atoms with Crippen LogP contribution in [0.25, 0.3) is 34.2 Å². The molecule has 8 nitrogen and oxygen atoms in total. The van der Waals surface area contributed by atoms with Crippen molar-refractivity contribution in [1.82, 2.24) is 34.7 Å². The van der Waals surface area contributed by atoms with Crippen molar-refractivity contribution in [2.24, 2.45) is 14.1 Å². The van der Waals surface area contributed by atoms with E-state index in [0.29, 0.717) is 0 Å². The number of rotatable bonds is 1. The summed E-state index contributed by atoms with van der Waals surface area (Å²) in [5.74, 6) is 0.778. The van der Waals surface area contributed by atoms with Crippen LogP contribution in [0.1, 0.15) is 36.5 Å². The molecule has 0 amide bonds. The monoisotopic (exact) mass is 431 g/mol. The Labute approximate surface area is 187 Å². The van der Waals surface area contributed by atoms with Gasteiger partial charge < -0.3 is 4.74 Å². The molecular formula is C24H29N7O. The number of likely N-dealkylation sites (N-methyl/N-ethyl adjacent to an activating group) is 1. The zero-order valence-electron chi connectivity index (χ0n) is 19.3. The van der Waals surface area contributed by atoms with E-state index in [2.05, 4.69) is 70.4 Å². The molecule has 0 saturated carbocycles. The van der Waals surface area contributed by atoms with Crippen LogP contribution in [-0.4, -0.2) is 53.9 Å². The van der Waals surface area contributed by atoms with Gasteiger partial charge in [0.05, 0.1) is 34.4 Å². The number of fused-ring (bicyclic) bond motifs is 4. The minimum atomic E-state index is -0.00392. The second-order valence-electron chi connectivity index (χ2n) is 8.52. The van der Waals surface area contributed by atoms with Crippen LogP contribution in [0, 0.1) is 6.92 Å². The number of benzene rings is 1. The Balaban J connectivity index is 1.70. The number of nitrogens with zero attached hydrogens (tertiary/aromatic N) is 6. The van der Waals surface area contributed by atoms with Gasteiger partial charge in [0.2, 0.25) is 5.88 Å². The zero-order valence-corrected chi connectivity index (χ0v) is 19.3. The second-order valence-corrected chi connectivity index (χ2v) is 8.52. The SMILES string of the molecule is CCN1Cc2c(c(C)nn2C)/C=C/c2[nH]nc3ccc(cc23)-c2cnn(C)c2OC(C)C1. The molecule has 32 heavy (non-hydrogen) atoms. The Morgan fingerprint density at radius 2 is 2.03 bits per heavy atom. The van der Waals surface area contributed by atoms with E-state index in [4.69, 9.17) is 4.74 Å². The zero-order chi connectivity index (χ0) is 22.4. The van der Waals surface area contributed by atoms with Gasteiger partial charge in [0, 0.05) is 38.1 Å². The molecule has 8 heteroatoms. The van der Waals surface area contributed by atoms with E-state index in [9.17, 15) is 0 Å². The first kappa shape index (κ1) is 20.5. The van der Waals surface area contributed by atoms with Crippen LogP contribution in [0.5, 0.6) is 5.88 Å². The third-order valence-electron chi connectivity index (χ3n) is 6.24. The maximum absolute atomic E-state index is 6.44. The highest BCUT2D eigenvalue weighted by Gasteiger charge is 2.20. The number of nitrogens with one attached hydrogen (secondary N) is 1. The number of aromatic amines is 1. The molecule has 166 valence electrons. The summed E-state index contributed by atoms with van der Waals surface area (Å²) in [5.41, 5.74) is 7.30. The molecule has 0 radical (unpaired) electrons. The normalized spacial score (nSPS) is 18.1. The van der Waals surface area contributed by atoms with Gasteiger partial charge >= 0.3 is 0 Å². The van der Waals surface area contributed by atoms with Gasteiger partial charge in [0.1, 0.15) is 6.10 Å². The molecule has 2 bridgehead atoms. The third-order valence-corrected chi connectivity index (χ3v) is 6.24. The van der Waals surface area contributed by atoms with E-state index in [-0.39, 0.29) is 6.10 Å². The summed E-state index contributed by atoms with van der Waals surface area (Å²) in [4.78, 5) is 2.39. The van der Waals surface area contributed by atoms with Gasteiger partial charge in [-0.15, -0.1) is 0 Å². The molecule has 1 aromatic carbocycles. The third kappa shape index (κ3) is 3.50. The van der Waals surface area contributed by atoms with Crippen LogP contribution in [0.4, 0.5) is 0 Å². The first-order chi connectivity index (χ1) is 15.4. The summed E-state index contributed by atoms with van der Waals surface area (Å²) in [6.45, 7) is 8.88. The number of aryl methyl sites for hydroxylation is 3. The molecule has 0 fully saturated rings. The fourth-order valence-electron chi connectivity index (χ4n) is 4.49. The number of H-pyrrole nitrogens is 1. The molecule has 1 aliphatic heterocycles. The Hall–Kier alpha value is -3.39. The van der Waals surface area contributed by atoms with Crippen molar-refractivity contribution >= 4 is 23.1 Å². The fraction of sp³-hybridized carbons (Fsp3) is 0.375. The van der Waals surface area contributed by atoms with Gasteiger partial charge in [-0.1, -0.05) is 13.0 Å². The molecular weight excluding hydrogens is 402 g/mol. The minimum Gasteiger partial charge on any atom is -0.473 e. The van der Waals surface area contributed by atoms with Crippen LogP contribution >= 0.6 is 0 Å². The second kappa shape index (κ2) is 7.94. The standard InChI is InChI=1S/C24H29N7O/c1-6-31-13-15(2)32-24-20(12-25-30(24)5)17-7-9-21-19(11-17)22(27-26-21)10-8-18-16(3)28-29(4)23(18)14-31/h7-12,15H,6,13-14H2,1-5H3,(H,26,27)/b10-8+. The van der Waals surface area contributed by atoms with Crippen LogP contribution in [0.15, 0.2) is 24.4 Å². The Bertz CT molecular complexity index is 1310. The topological polar surface area (TPSA) is 76.8 Å². The highest BCUT2D eigenvalue weighted by atomic mass is 16.5. The van der Waals surface area contributed by atoms with E-state index in [0.717, 1.165) is 64.5 Å². The number of hydrogen-bond donors (Lipinski definition) is 1. The average Bonchev–Trinajstić information content (AvgIpc) is 3.41. The molecule has 5 rings (SSSR count). The summed E-state index contributed by atoms with van der Waals surface area (Å²) >= 11 is 0. The van der Waals surface area contributed by atoms with Gasteiger partial charge in [-0.3, -0.25) is 14.7 Å². The molecule has 1 aliphatic rings. The van der Waals surface area contributed by atoms with Crippen molar-refractivity contribution in [3.8, 4) is 17.0 Å². The van der Waals surface area contributed by atoms with E-state index >= 15 is 0 Å². The summed E-state index contributed by atoms with van der Waals surface area (Å²) < 4.78 is 10.2. The number of ether oxygens (including phenoxy) is 1. The van der Waals surface area contributed by atoms with Crippen molar-refractivity contribution in [2.45, 2.75) is 33.4 Å². The average molecular weight is 432 g/mol. The first-order valence-corrected chi connectivity index (χ1v) is 11.0. The Morgan fingerprint density at radius 1 is 1.19 bits per heavy atom. The molecule has 0 aliphatic carbocycles. The van der Waals surface area contributed by atoms with Gasteiger partial charge in [-0.2, -0.15) is 15.3 Å². The summed E-state index contributed by atoms with van der Waals surface area (Å²) in [6, 6.07) is 6.27. The Morgan fingerprint density at radius 3 is 2.84 bits per heavy atom. The van der Waals surface area contributed by atoms with E-state index in [1.165, 1.54) is 5.69 Å². The lowest BCUT2D eigenvalue weighted by Crippen LogP contribution is -2.34. The predicted molar refractivity (Wildman–Crippen MR) is 126 cm³/mol. The highest BCUT2D eigenvalue weighted by molar-refractivity contribution is 5.93. The maximum Gasteiger partial charge on any atom is 0.219 e. The molecule has 4 aromatic rings.